The molecule has 2 heterocycles. The zero-order valence-electron chi connectivity index (χ0n) is 27.3. The number of hydrogen-bond acceptors (Lipinski definition) is 4. The molecule has 5 aromatic carbocycles. The van der Waals surface area contributed by atoms with Crippen molar-refractivity contribution >= 4 is 16.9 Å². The lowest BCUT2D eigenvalue weighted by Crippen LogP contribution is -2.46. The van der Waals surface area contributed by atoms with Gasteiger partial charge in [0.2, 0.25) is 5.43 Å². The first-order valence-corrected chi connectivity index (χ1v) is 16.8. The fourth-order valence-electron chi connectivity index (χ4n) is 7.90. The number of aromatic nitrogens is 1. The molecule has 8 rings (SSSR count). The Balaban J connectivity index is 1.31. The summed E-state index contributed by atoms with van der Waals surface area (Å²) in [5.74, 6) is -1.49. The van der Waals surface area contributed by atoms with Gasteiger partial charge in [-0.05, 0) is 71.3 Å². The predicted molar refractivity (Wildman–Crippen MR) is 189 cm³/mol. The van der Waals surface area contributed by atoms with E-state index in [1.165, 1.54) is 12.3 Å². The summed E-state index contributed by atoms with van der Waals surface area (Å²) in [6, 6.07) is 40.4. The first-order valence-electron chi connectivity index (χ1n) is 16.8. The van der Waals surface area contributed by atoms with Crippen LogP contribution in [-0.2, 0) is 12.1 Å². The average Bonchev–Trinajstić information content (AvgIpc) is 3.93. The second-order valence-corrected chi connectivity index (χ2v) is 13.1. The average molecular weight is 669 g/mol. The number of carbonyl (C=O) groups is 1. The summed E-state index contributed by atoms with van der Waals surface area (Å²) in [6.07, 6.45) is 2.76. The highest BCUT2D eigenvalue weighted by molar-refractivity contribution is 5.97. The number of rotatable bonds is 9. The lowest BCUT2D eigenvalue weighted by atomic mass is 9.75. The third-order valence-corrected chi connectivity index (χ3v) is 10.2. The van der Waals surface area contributed by atoms with Gasteiger partial charge < -0.3 is 14.4 Å². The Morgan fingerprint density at radius 2 is 1.42 bits per heavy atom. The van der Waals surface area contributed by atoms with E-state index in [0.717, 1.165) is 40.7 Å². The predicted octanol–water partition coefficient (Wildman–Crippen LogP) is 9.17. The molecule has 1 unspecified atom stereocenters. The number of hydrogen-bond donors (Lipinski definition) is 1. The number of nitrogens with zero attached hydrogens (tertiary/aromatic N) is 2. The molecule has 0 bridgehead atoms. The Morgan fingerprint density at radius 3 is 1.94 bits per heavy atom. The minimum Gasteiger partial charge on any atom is -0.477 e. The molecule has 1 atom stereocenters. The molecule has 1 aliphatic carbocycles. The van der Waals surface area contributed by atoms with Gasteiger partial charge in [-0.1, -0.05) is 103 Å². The summed E-state index contributed by atoms with van der Waals surface area (Å²) >= 11 is 0. The van der Waals surface area contributed by atoms with Gasteiger partial charge in [-0.3, -0.25) is 9.69 Å². The van der Waals surface area contributed by atoms with Crippen molar-refractivity contribution < 1.29 is 23.4 Å². The van der Waals surface area contributed by atoms with Crippen LogP contribution in [0, 0.1) is 0 Å². The Labute approximate surface area is 287 Å². The molecule has 6 aromatic rings. The molecule has 0 radical (unpaired) electrons. The van der Waals surface area contributed by atoms with Crippen LogP contribution in [0.1, 0.15) is 70.0 Å². The summed E-state index contributed by atoms with van der Waals surface area (Å²) in [5, 5.41) is 9.78. The maximum atomic E-state index is 14.1. The van der Waals surface area contributed by atoms with Crippen molar-refractivity contribution in [3.05, 3.63) is 171 Å². The van der Waals surface area contributed by atoms with Gasteiger partial charge in [0.25, 0.3) is 0 Å². The molecule has 0 spiro atoms. The van der Waals surface area contributed by atoms with Gasteiger partial charge in [0.1, 0.15) is 5.56 Å². The monoisotopic (exact) mass is 668 g/mol. The third kappa shape index (κ3) is 5.10. The van der Waals surface area contributed by atoms with Gasteiger partial charge in [0, 0.05) is 30.4 Å². The molecule has 0 amide bonds. The number of carboxylic acids is 1. The molecule has 1 aromatic heterocycles. The van der Waals surface area contributed by atoms with E-state index in [4.69, 9.17) is 4.74 Å². The standard InChI is InChI=1S/C42H34F2N2O4/c1-26-33-20-17-27(34-21-22-35-37(39(34)50-41(43)44)45(32-18-19-32)25-36(38(35)47)40(48)49)23-28(33)24-46(26)42(29-11-5-2-6-12-29,30-13-7-3-8-14-30)31-15-9-4-10-16-31/h2-17,20-23,25-26,32,41H,18-19,24H2,1H3,(H,48,49). The van der Waals surface area contributed by atoms with E-state index in [-0.39, 0.29) is 28.7 Å². The minimum absolute atomic E-state index is 0.0254. The molecular formula is C42H34F2N2O4. The van der Waals surface area contributed by atoms with Crippen LogP contribution < -0.4 is 10.2 Å². The van der Waals surface area contributed by atoms with Crippen LogP contribution in [0.2, 0.25) is 0 Å². The maximum absolute atomic E-state index is 14.1. The van der Waals surface area contributed by atoms with Gasteiger partial charge in [0.15, 0.2) is 5.75 Å². The van der Waals surface area contributed by atoms with Gasteiger partial charge in [0.05, 0.1) is 16.4 Å². The van der Waals surface area contributed by atoms with Crippen LogP contribution in [0.5, 0.6) is 5.75 Å². The molecule has 6 nitrogen and oxygen atoms in total. The lowest BCUT2D eigenvalue weighted by molar-refractivity contribution is -0.0486. The molecule has 8 heteroatoms. The second-order valence-electron chi connectivity index (χ2n) is 13.1. The van der Waals surface area contributed by atoms with E-state index in [1.54, 1.807) is 10.6 Å². The SMILES string of the molecule is CC1c2ccc(-c3ccc4c(=O)c(C(=O)O)cn(C5CC5)c4c3OC(F)F)cc2CN1C(c1ccccc1)(c1ccccc1)c1ccccc1. The van der Waals surface area contributed by atoms with Crippen LogP contribution in [0.3, 0.4) is 0 Å². The van der Waals surface area contributed by atoms with Gasteiger partial charge in [-0.2, -0.15) is 8.78 Å². The van der Waals surface area contributed by atoms with Gasteiger partial charge >= 0.3 is 12.6 Å². The Morgan fingerprint density at radius 1 is 0.840 bits per heavy atom. The first-order chi connectivity index (χ1) is 24.3. The van der Waals surface area contributed by atoms with Gasteiger partial charge in [-0.25, -0.2) is 4.79 Å². The van der Waals surface area contributed by atoms with Crippen LogP contribution in [0.15, 0.2) is 132 Å². The Bertz CT molecular complexity index is 2190. The zero-order valence-corrected chi connectivity index (χ0v) is 27.3. The first kappa shape index (κ1) is 31.7. The van der Waals surface area contributed by atoms with Crippen molar-refractivity contribution in [2.75, 3.05) is 0 Å². The molecule has 0 saturated heterocycles. The summed E-state index contributed by atoms with van der Waals surface area (Å²) in [7, 11) is 0. The largest absolute Gasteiger partial charge is 0.477 e. The highest BCUT2D eigenvalue weighted by atomic mass is 19.3. The maximum Gasteiger partial charge on any atom is 0.387 e. The number of alkyl halides is 2. The van der Waals surface area contributed by atoms with E-state index < -0.39 is 29.1 Å². The topological polar surface area (TPSA) is 71.8 Å². The third-order valence-electron chi connectivity index (χ3n) is 10.2. The zero-order chi connectivity index (χ0) is 34.6. The van der Waals surface area contributed by atoms with Crippen molar-refractivity contribution in [1.29, 1.82) is 0 Å². The molecular weight excluding hydrogens is 634 g/mol. The van der Waals surface area contributed by atoms with Crippen LogP contribution in [0.4, 0.5) is 8.78 Å². The Kier molecular flexibility index (Phi) is 7.84. The van der Waals surface area contributed by atoms with Crippen molar-refractivity contribution in [3.8, 4) is 16.9 Å². The lowest BCUT2D eigenvalue weighted by Gasteiger charge is -2.46. The summed E-state index contributed by atoms with van der Waals surface area (Å²) in [6.45, 7) is -0.393. The van der Waals surface area contributed by atoms with Crippen LogP contribution in [0.25, 0.3) is 22.0 Å². The molecule has 250 valence electrons. The normalized spacial score (nSPS) is 16.1. The van der Waals surface area contributed by atoms with Crippen molar-refractivity contribution in [3.63, 3.8) is 0 Å². The number of fused-ring (bicyclic) bond motifs is 2. The number of pyridine rings is 1. The van der Waals surface area contributed by atoms with E-state index in [0.29, 0.717) is 17.7 Å². The number of halogens is 2. The van der Waals surface area contributed by atoms with E-state index in [9.17, 15) is 23.5 Å². The minimum atomic E-state index is -3.16. The summed E-state index contributed by atoms with van der Waals surface area (Å²) in [4.78, 5) is 27.7. The molecule has 2 aliphatic rings. The summed E-state index contributed by atoms with van der Waals surface area (Å²) < 4.78 is 35.1. The molecule has 50 heavy (non-hydrogen) atoms. The smallest absolute Gasteiger partial charge is 0.387 e. The molecule has 1 N–H and O–H groups in total. The highest BCUT2D eigenvalue weighted by Gasteiger charge is 2.47. The highest BCUT2D eigenvalue weighted by Crippen LogP contribution is 2.51. The molecule has 1 saturated carbocycles. The summed E-state index contributed by atoms with van der Waals surface area (Å²) in [5.41, 5.74) is 5.02. The Hall–Kier alpha value is -5.60. The van der Waals surface area contributed by atoms with E-state index >= 15 is 0 Å². The van der Waals surface area contributed by atoms with Crippen LogP contribution in [-0.4, -0.2) is 27.2 Å². The van der Waals surface area contributed by atoms with Gasteiger partial charge in [-0.15, -0.1) is 0 Å². The van der Waals surface area contributed by atoms with Crippen LogP contribution >= 0.6 is 0 Å². The van der Waals surface area contributed by atoms with Crippen molar-refractivity contribution in [2.24, 2.45) is 0 Å². The quantitative estimate of drug-likeness (QED) is 0.156. The molecule has 1 aliphatic heterocycles. The fourth-order valence-corrected chi connectivity index (χ4v) is 7.90. The molecule has 1 fully saturated rings. The number of carboxylic acid groups (broad SMARTS) is 1. The van der Waals surface area contributed by atoms with Crippen molar-refractivity contribution in [2.45, 2.75) is 50.5 Å². The van der Waals surface area contributed by atoms with Crippen molar-refractivity contribution in [1.82, 2.24) is 9.47 Å². The van der Waals surface area contributed by atoms with E-state index in [2.05, 4.69) is 90.7 Å². The van der Waals surface area contributed by atoms with E-state index in [1.807, 2.05) is 30.3 Å². The second kappa shape index (κ2) is 12.4. The number of benzene rings is 5. The number of aromatic carboxylic acids is 1. The fraction of sp³-hybridized carbons (Fsp3) is 0.190. The number of ether oxygens (including phenoxy) is 1.